The number of hydrogen-bond acceptors (Lipinski definition) is 7. The summed E-state index contributed by atoms with van der Waals surface area (Å²) in [4.78, 5) is 22.7. The number of nitrogens with zero attached hydrogens (tertiary/aromatic N) is 2. The highest BCUT2D eigenvalue weighted by Gasteiger charge is 2.55. The third kappa shape index (κ3) is 3.90. The second kappa shape index (κ2) is 8.22. The van der Waals surface area contributed by atoms with Crippen molar-refractivity contribution in [3.05, 3.63) is 17.5 Å². The van der Waals surface area contributed by atoms with E-state index in [9.17, 15) is 9.90 Å². The van der Waals surface area contributed by atoms with Gasteiger partial charge in [-0.2, -0.15) is 0 Å². The van der Waals surface area contributed by atoms with Gasteiger partial charge in [0.05, 0.1) is 16.9 Å². The Morgan fingerprint density at radius 2 is 1.88 bits per heavy atom. The molecule has 6 fully saturated rings. The second-order valence-corrected chi connectivity index (χ2v) is 10.7. The quantitative estimate of drug-likeness (QED) is 0.644. The van der Waals surface area contributed by atoms with Crippen molar-refractivity contribution in [2.45, 2.75) is 81.6 Å². The largest absolute Gasteiger partial charge is 0.390 e. The molecule has 8 nitrogen and oxygen atoms in total. The zero-order valence-electron chi connectivity index (χ0n) is 18.6. The van der Waals surface area contributed by atoms with Crippen LogP contribution in [0.15, 0.2) is 6.20 Å². The first kappa shape index (κ1) is 20.8. The molecule has 3 unspecified atom stereocenters. The number of ether oxygens (including phenoxy) is 2. The molecule has 2 aliphatic heterocycles. The standard InChI is InChI=1S/C24H34N4O4/c29-22(27-20-15-8-14-9-16(20)12-24(30,10-14)11-15)18-13-25-23(26-17-3-6-31-7-4-17)28-21(18)19-2-1-5-32-19/h13-17,19-20,30H,1-12H2,(H,27,29)(H,25,26,28). The summed E-state index contributed by atoms with van der Waals surface area (Å²) in [7, 11) is 0. The molecule has 0 spiro atoms. The van der Waals surface area contributed by atoms with Crippen molar-refractivity contribution in [1.82, 2.24) is 15.3 Å². The highest BCUT2D eigenvalue weighted by Crippen LogP contribution is 2.55. The normalized spacial score (nSPS) is 38.7. The van der Waals surface area contributed by atoms with Gasteiger partial charge < -0.3 is 25.2 Å². The molecule has 4 aliphatic carbocycles. The molecule has 6 aliphatic rings. The monoisotopic (exact) mass is 442 g/mol. The lowest BCUT2D eigenvalue weighted by atomic mass is 9.52. The summed E-state index contributed by atoms with van der Waals surface area (Å²) in [6.07, 6.45) is 10.0. The smallest absolute Gasteiger partial charge is 0.255 e. The van der Waals surface area contributed by atoms with Gasteiger partial charge in [0, 0.05) is 38.1 Å². The van der Waals surface area contributed by atoms with E-state index in [1.807, 2.05) is 0 Å². The number of carbonyl (C=O) groups excluding carboxylic acids is 1. The Bertz CT molecular complexity index is 852. The van der Waals surface area contributed by atoms with Gasteiger partial charge in [-0.05, 0) is 75.5 Å². The van der Waals surface area contributed by atoms with Crippen LogP contribution >= 0.6 is 0 Å². The van der Waals surface area contributed by atoms with Crippen LogP contribution in [0.1, 0.15) is 79.9 Å². The molecule has 4 saturated carbocycles. The molecule has 174 valence electrons. The molecule has 3 N–H and O–H groups in total. The summed E-state index contributed by atoms with van der Waals surface area (Å²) < 4.78 is 11.4. The highest BCUT2D eigenvalue weighted by molar-refractivity contribution is 5.95. The average Bonchev–Trinajstić information content (AvgIpc) is 3.30. The maximum absolute atomic E-state index is 13.4. The maximum Gasteiger partial charge on any atom is 0.255 e. The molecular formula is C24H34N4O4. The lowest BCUT2D eigenvalue weighted by Crippen LogP contribution is -2.61. The SMILES string of the molecule is O=C(NC1C2CC3CC1CC(O)(C3)C2)c1cnc(NC2CCOCC2)nc1C1CCCO1. The fraction of sp³-hybridized carbons (Fsp3) is 0.792. The van der Waals surface area contributed by atoms with E-state index in [1.165, 1.54) is 0 Å². The van der Waals surface area contributed by atoms with E-state index in [1.54, 1.807) is 6.20 Å². The minimum Gasteiger partial charge on any atom is -0.390 e. The number of amides is 1. The van der Waals surface area contributed by atoms with Crippen LogP contribution in [0.25, 0.3) is 0 Å². The molecule has 0 radical (unpaired) electrons. The summed E-state index contributed by atoms with van der Waals surface area (Å²) in [6, 6.07) is 0.427. The summed E-state index contributed by atoms with van der Waals surface area (Å²) in [5.41, 5.74) is 0.732. The van der Waals surface area contributed by atoms with Crippen molar-refractivity contribution in [1.29, 1.82) is 0 Å². The number of aliphatic hydroxyl groups is 1. The minimum absolute atomic E-state index is 0.0995. The predicted octanol–water partition coefficient (Wildman–Crippen LogP) is 2.59. The maximum atomic E-state index is 13.4. The fourth-order valence-electron chi connectivity index (χ4n) is 7.15. The van der Waals surface area contributed by atoms with Crippen molar-refractivity contribution < 1.29 is 19.4 Å². The van der Waals surface area contributed by atoms with E-state index in [0.29, 0.717) is 47.6 Å². The van der Waals surface area contributed by atoms with Crippen LogP contribution in [0.5, 0.6) is 0 Å². The molecule has 1 aromatic heterocycles. The van der Waals surface area contributed by atoms with E-state index in [2.05, 4.69) is 15.6 Å². The zero-order valence-corrected chi connectivity index (χ0v) is 18.6. The van der Waals surface area contributed by atoms with Gasteiger partial charge in [-0.1, -0.05) is 0 Å². The van der Waals surface area contributed by atoms with E-state index in [0.717, 1.165) is 71.0 Å². The van der Waals surface area contributed by atoms with Crippen LogP contribution in [-0.2, 0) is 9.47 Å². The van der Waals surface area contributed by atoms with Crippen LogP contribution < -0.4 is 10.6 Å². The molecule has 4 bridgehead atoms. The summed E-state index contributed by atoms with van der Waals surface area (Å²) >= 11 is 0. The number of aromatic nitrogens is 2. The van der Waals surface area contributed by atoms with Crippen molar-refractivity contribution in [2.75, 3.05) is 25.1 Å². The second-order valence-electron chi connectivity index (χ2n) is 10.7. The molecule has 7 rings (SSSR count). The van der Waals surface area contributed by atoms with Crippen molar-refractivity contribution >= 4 is 11.9 Å². The summed E-state index contributed by atoms with van der Waals surface area (Å²) in [6.45, 7) is 2.19. The van der Waals surface area contributed by atoms with Gasteiger partial charge in [-0.25, -0.2) is 9.97 Å². The van der Waals surface area contributed by atoms with Crippen LogP contribution in [0.2, 0.25) is 0 Å². The first-order valence-corrected chi connectivity index (χ1v) is 12.4. The van der Waals surface area contributed by atoms with Crippen molar-refractivity contribution in [2.24, 2.45) is 17.8 Å². The third-order valence-corrected chi connectivity index (χ3v) is 8.39. The van der Waals surface area contributed by atoms with Gasteiger partial charge in [0.2, 0.25) is 5.95 Å². The van der Waals surface area contributed by atoms with E-state index in [-0.39, 0.29) is 18.1 Å². The van der Waals surface area contributed by atoms with Crippen molar-refractivity contribution in [3.63, 3.8) is 0 Å². The Labute approximate surface area is 188 Å². The first-order chi connectivity index (χ1) is 15.6. The molecule has 1 amide bonds. The Morgan fingerprint density at radius 3 is 2.56 bits per heavy atom. The highest BCUT2D eigenvalue weighted by atomic mass is 16.5. The minimum atomic E-state index is -0.499. The molecule has 3 atom stereocenters. The third-order valence-electron chi connectivity index (χ3n) is 8.39. The number of rotatable bonds is 5. The number of anilines is 1. The zero-order chi connectivity index (χ0) is 21.7. The number of hydrogen-bond donors (Lipinski definition) is 3. The Morgan fingerprint density at radius 1 is 1.09 bits per heavy atom. The predicted molar refractivity (Wildman–Crippen MR) is 117 cm³/mol. The van der Waals surface area contributed by atoms with Crippen molar-refractivity contribution in [3.8, 4) is 0 Å². The van der Waals surface area contributed by atoms with Gasteiger partial charge in [0.15, 0.2) is 0 Å². The topological polar surface area (TPSA) is 106 Å². The van der Waals surface area contributed by atoms with Gasteiger partial charge >= 0.3 is 0 Å². The fourth-order valence-corrected chi connectivity index (χ4v) is 7.15. The number of carbonyl (C=O) groups is 1. The van der Waals surface area contributed by atoms with Crippen LogP contribution in [0.3, 0.4) is 0 Å². The van der Waals surface area contributed by atoms with E-state index >= 15 is 0 Å². The average molecular weight is 443 g/mol. The molecule has 3 heterocycles. The van der Waals surface area contributed by atoms with E-state index < -0.39 is 5.60 Å². The van der Waals surface area contributed by atoms with Gasteiger partial charge in [-0.3, -0.25) is 4.79 Å². The Kier molecular flexibility index (Phi) is 5.35. The molecule has 2 saturated heterocycles. The Hall–Kier alpha value is -1.77. The van der Waals surface area contributed by atoms with Crippen LogP contribution in [0.4, 0.5) is 5.95 Å². The molecular weight excluding hydrogens is 408 g/mol. The van der Waals surface area contributed by atoms with Crippen LogP contribution in [-0.4, -0.2) is 58.5 Å². The lowest BCUT2D eigenvalue weighted by molar-refractivity contribution is -0.136. The summed E-state index contributed by atoms with van der Waals surface area (Å²) in [5.74, 6) is 1.83. The van der Waals surface area contributed by atoms with Crippen LogP contribution in [0, 0.1) is 17.8 Å². The summed E-state index contributed by atoms with van der Waals surface area (Å²) in [5, 5.41) is 17.6. The van der Waals surface area contributed by atoms with E-state index in [4.69, 9.17) is 14.5 Å². The molecule has 8 heteroatoms. The van der Waals surface area contributed by atoms with Gasteiger partial charge in [0.25, 0.3) is 5.91 Å². The lowest BCUT2D eigenvalue weighted by Gasteiger charge is -2.58. The van der Waals surface area contributed by atoms with Gasteiger partial charge in [-0.15, -0.1) is 0 Å². The number of nitrogens with one attached hydrogen (secondary N) is 2. The molecule has 1 aromatic rings. The Balaban J connectivity index is 1.22. The molecule has 0 aromatic carbocycles. The molecule has 32 heavy (non-hydrogen) atoms. The first-order valence-electron chi connectivity index (χ1n) is 12.4. The van der Waals surface area contributed by atoms with Gasteiger partial charge in [0.1, 0.15) is 6.10 Å².